The average molecular weight is 442 g/mol. The Hall–Kier alpha value is -1.18. The summed E-state index contributed by atoms with van der Waals surface area (Å²) in [7, 11) is 0. The molecule has 0 aliphatic heterocycles. The fourth-order valence-corrected chi connectivity index (χ4v) is 5.40. The molecule has 0 fully saturated rings. The molecule has 0 radical (unpaired) electrons. The highest BCUT2D eigenvalue weighted by Gasteiger charge is 2.25. The number of halogens is 2. The number of likely N-dealkylation sites (N-methyl/N-ethyl adjacent to an activating group) is 1. The number of aryl methyl sites for hydroxylation is 1. The minimum absolute atomic E-state index is 0.160. The maximum atomic E-state index is 13.3. The summed E-state index contributed by atoms with van der Waals surface area (Å²) in [5, 5.41) is 0.690. The number of thiazole rings is 1. The first-order valence-corrected chi connectivity index (χ1v) is 11.2. The van der Waals surface area contributed by atoms with Crippen LogP contribution in [0.5, 0.6) is 0 Å². The molecule has 27 heavy (non-hydrogen) atoms. The molecule has 0 aliphatic rings. The zero-order valence-corrected chi connectivity index (χ0v) is 18.6. The van der Waals surface area contributed by atoms with Gasteiger partial charge < -0.3 is 4.90 Å². The lowest BCUT2D eigenvalue weighted by molar-refractivity contribution is 0.0984. The third-order valence-corrected chi connectivity index (χ3v) is 7.04. The topological polar surface area (TPSA) is 36.4 Å². The molecule has 8 heteroatoms. The fourth-order valence-electron chi connectivity index (χ4n) is 2.89. The first-order valence-electron chi connectivity index (χ1n) is 8.79. The Morgan fingerprint density at radius 3 is 2.48 bits per heavy atom. The highest BCUT2D eigenvalue weighted by atomic mass is 35.5. The van der Waals surface area contributed by atoms with Gasteiger partial charge in [-0.3, -0.25) is 9.69 Å². The van der Waals surface area contributed by atoms with Gasteiger partial charge in [0, 0.05) is 13.1 Å². The molecule has 1 amide bonds. The van der Waals surface area contributed by atoms with Gasteiger partial charge in [-0.25, -0.2) is 4.98 Å². The van der Waals surface area contributed by atoms with Crippen LogP contribution in [-0.2, 0) is 0 Å². The number of hydrogen-bond acceptors (Lipinski definition) is 5. The van der Waals surface area contributed by atoms with Gasteiger partial charge in [0.15, 0.2) is 5.13 Å². The molecule has 0 N–H and O–H groups in total. The van der Waals surface area contributed by atoms with Gasteiger partial charge in [0.05, 0.1) is 20.1 Å². The lowest BCUT2D eigenvalue weighted by atomic mass is 10.2. The molecule has 4 nitrogen and oxygen atoms in total. The number of nitrogens with zero attached hydrogens (tertiary/aromatic N) is 3. The van der Waals surface area contributed by atoms with Gasteiger partial charge in [-0.2, -0.15) is 0 Å². The van der Waals surface area contributed by atoms with Crippen LogP contribution in [0.2, 0.25) is 8.67 Å². The minimum Gasteiger partial charge on any atom is -0.302 e. The van der Waals surface area contributed by atoms with Gasteiger partial charge in [0.25, 0.3) is 5.91 Å². The Kier molecular flexibility index (Phi) is 6.76. The van der Waals surface area contributed by atoms with Gasteiger partial charge in [0.2, 0.25) is 0 Å². The first kappa shape index (κ1) is 20.6. The highest BCUT2D eigenvalue weighted by molar-refractivity contribution is 7.22. The van der Waals surface area contributed by atoms with Crippen molar-refractivity contribution in [3.05, 3.63) is 44.1 Å². The second-order valence-corrected chi connectivity index (χ2v) is 9.43. The van der Waals surface area contributed by atoms with Crippen LogP contribution in [0.1, 0.15) is 29.8 Å². The molecule has 3 rings (SSSR count). The molecule has 0 aliphatic carbocycles. The van der Waals surface area contributed by atoms with Crippen molar-refractivity contribution < 1.29 is 4.79 Å². The molecule has 0 spiro atoms. The van der Waals surface area contributed by atoms with Crippen LogP contribution in [0.25, 0.3) is 10.2 Å². The van der Waals surface area contributed by atoms with Gasteiger partial charge in [-0.1, -0.05) is 60.5 Å². The van der Waals surface area contributed by atoms with Crippen LogP contribution in [0.3, 0.4) is 0 Å². The number of amides is 1. The van der Waals surface area contributed by atoms with E-state index < -0.39 is 0 Å². The molecule has 0 unspecified atom stereocenters. The summed E-state index contributed by atoms with van der Waals surface area (Å²) in [5.41, 5.74) is 2.47. The fraction of sp³-hybridized carbons (Fsp3) is 0.368. The summed E-state index contributed by atoms with van der Waals surface area (Å²) in [5.74, 6) is -0.160. The molecule has 2 heterocycles. The van der Waals surface area contributed by atoms with Crippen molar-refractivity contribution in [2.45, 2.75) is 20.8 Å². The number of fused-ring (bicyclic) bond motifs is 1. The Morgan fingerprint density at radius 2 is 1.89 bits per heavy atom. The zero-order valence-electron chi connectivity index (χ0n) is 15.5. The lowest BCUT2D eigenvalue weighted by Gasteiger charge is -2.24. The average Bonchev–Trinajstić information content (AvgIpc) is 3.22. The molecule has 1 aromatic carbocycles. The van der Waals surface area contributed by atoms with Crippen molar-refractivity contribution in [3.8, 4) is 0 Å². The van der Waals surface area contributed by atoms with E-state index in [1.165, 1.54) is 22.7 Å². The molecular weight excluding hydrogens is 421 g/mol. The Balaban J connectivity index is 1.99. The summed E-state index contributed by atoms with van der Waals surface area (Å²) in [4.78, 5) is 22.0. The number of benzene rings is 1. The molecule has 0 bridgehead atoms. The molecule has 0 saturated heterocycles. The number of para-hydroxylation sites is 1. The van der Waals surface area contributed by atoms with Crippen molar-refractivity contribution in [2.75, 3.05) is 31.1 Å². The van der Waals surface area contributed by atoms with Crippen LogP contribution < -0.4 is 4.90 Å². The van der Waals surface area contributed by atoms with Crippen molar-refractivity contribution >= 4 is 67.1 Å². The minimum atomic E-state index is -0.160. The number of anilines is 1. The quantitative estimate of drug-likeness (QED) is 0.453. The maximum absolute atomic E-state index is 13.3. The smallest absolute Gasteiger partial charge is 0.262 e. The van der Waals surface area contributed by atoms with E-state index in [4.69, 9.17) is 28.2 Å². The van der Waals surface area contributed by atoms with Crippen molar-refractivity contribution in [3.63, 3.8) is 0 Å². The highest BCUT2D eigenvalue weighted by Crippen LogP contribution is 2.35. The van der Waals surface area contributed by atoms with Crippen molar-refractivity contribution in [1.29, 1.82) is 0 Å². The molecule has 3 aromatic rings. The number of carbonyl (C=O) groups is 1. The van der Waals surface area contributed by atoms with Crippen molar-refractivity contribution in [2.24, 2.45) is 0 Å². The van der Waals surface area contributed by atoms with Crippen molar-refractivity contribution in [1.82, 2.24) is 9.88 Å². The summed E-state index contributed by atoms with van der Waals surface area (Å²) < 4.78 is 1.99. The SMILES string of the molecule is CCN(CC)CCN(C(=O)c1cc(Cl)sc1Cl)c1nc2c(C)cccc2s1. The Morgan fingerprint density at radius 1 is 1.15 bits per heavy atom. The molecule has 0 saturated carbocycles. The van der Waals surface area contributed by atoms with E-state index in [9.17, 15) is 4.79 Å². The second kappa shape index (κ2) is 8.88. The molecule has 2 aromatic heterocycles. The van der Waals surface area contributed by atoms with E-state index >= 15 is 0 Å². The third kappa shape index (κ3) is 4.46. The molecule has 144 valence electrons. The summed E-state index contributed by atoms with van der Waals surface area (Å²) in [6, 6.07) is 7.71. The van der Waals surface area contributed by atoms with E-state index in [1.807, 2.05) is 25.1 Å². The van der Waals surface area contributed by atoms with Crippen LogP contribution in [0.15, 0.2) is 24.3 Å². The normalized spacial score (nSPS) is 11.5. The second-order valence-electron chi connectivity index (χ2n) is 6.14. The Labute approximate surface area is 177 Å². The standard InChI is InChI=1S/C19H21Cl2N3OS2/c1-4-23(5-2)9-10-24(18(25)13-11-15(20)27-17(13)21)19-22-16-12(3)7-6-8-14(16)26-19/h6-8,11H,4-5,9-10H2,1-3H3. The van der Waals surface area contributed by atoms with E-state index in [-0.39, 0.29) is 5.91 Å². The molecule has 0 atom stereocenters. The van der Waals surface area contributed by atoms with E-state index in [0.717, 1.165) is 35.4 Å². The van der Waals surface area contributed by atoms with E-state index in [0.29, 0.717) is 25.9 Å². The van der Waals surface area contributed by atoms with Gasteiger partial charge in [-0.15, -0.1) is 11.3 Å². The van der Waals surface area contributed by atoms with Crippen LogP contribution >= 0.6 is 45.9 Å². The van der Waals surface area contributed by atoms with Gasteiger partial charge >= 0.3 is 0 Å². The number of carbonyl (C=O) groups excluding carboxylic acids is 1. The third-order valence-electron chi connectivity index (χ3n) is 4.51. The Bertz CT molecular complexity index is 950. The molecular formula is C19H21Cl2N3OS2. The number of thiophene rings is 1. The number of hydrogen-bond donors (Lipinski definition) is 0. The first-order chi connectivity index (χ1) is 12.9. The predicted octanol–water partition coefficient (Wildman–Crippen LogP) is 5.96. The summed E-state index contributed by atoms with van der Waals surface area (Å²) >= 11 is 15.0. The monoisotopic (exact) mass is 441 g/mol. The summed E-state index contributed by atoms with van der Waals surface area (Å²) in [6.07, 6.45) is 0. The van der Waals surface area contributed by atoms with Gasteiger partial charge in [-0.05, 0) is 37.7 Å². The lowest BCUT2D eigenvalue weighted by Crippen LogP contribution is -2.38. The predicted molar refractivity (Wildman–Crippen MR) is 118 cm³/mol. The number of aromatic nitrogens is 1. The zero-order chi connectivity index (χ0) is 19.6. The maximum Gasteiger partial charge on any atom is 0.262 e. The van der Waals surface area contributed by atoms with Gasteiger partial charge in [0.1, 0.15) is 4.34 Å². The summed E-state index contributed by atoms with van der Waals surface area (Å²) in [6.45, 7) is 9.44. The largest absolute Gasteiger partial charge is 0.302 e. The van der Waals surface area contributed by atoms with Crippen LogP contribution in [0.4, 0.5) is 5.13 Å². The van der Waals surface area contributed by atoms with E-state index in [1.54, 1.807) is 11.0 Å². The van der Waals surface area contributed by atoms with Crippen LogP contribution in [-0.4, -0.2) is 42.0 Å². The number of rotatable bonds is 7. The van der Waals surface area contributed by atoms with E-state index in [2.05, 4.69) is 18.7 Å². The van der Waals surface area contributed by atoms with Crippen LogP contribution in [0, 0.1) is 6.92 Å².